The number of halogens is 3. The van der Waals surface area contributed by atoms with Crippen LogP contribution in [0.4, 0.5) is 4.39 Å². The highest BCUT2D eigenvalue weighted by atomic mass is 35.5. The average Bonchev–Trinajstić information content (AvgIpc) is 2.93. The summed E-state index contributed by atoms with van der Waals surface area (Å²) in [5.41, 5.74) is 6.79. The van der Waals surface area contributed by atoms with Gasteiger partial charge in [-0.05, 0) is 30.0 Å². The van der Waals surface area contributed by atoms with Gasteiger partial charge >= 0.3 is 0 Å². The lowest BCUT2D eigenvalue weighted by Gasteiger charge is -2.11. The summed E-state index contributed by atoms with van der Waals surface area (Å²) >= 11 is 5.59. The fourth-order valence-electron chi connectivity index (χ4n) is 1.59. The molecule has 0 unspecified atom stereocenters. The van der Waals surface area contributed by atoms with Gasteiger partial charge in [-0.1, -0.05) is 30.5 Å². The normalized spacial score (nSPS) is 17.0. The van der Waals surface area contributed by atoms with E-state index in [2.05, 4.69) is 0 Å². The molecule has 1 atom stereocenters. The molecule has 2 rings (SSSR count). The van der Waals surface area contributed by atoms with E-state index in [-0.39, 0.29) is 29.3 Å². The van der Waals surface area contributed by atoms with Crippen LogP contribution in [0.25, 0.3) is 0 Å². The van der Waals surface area contributed by atoms with Gasteiger partial charge in [0.25, 0.3) is 0 Å². The lowest BCUT2D eigenvalue weighted by Crippen LogP contribution is -2.11. The first-order valence-corrected chi connectivity index (χ1v) is 5.25. The molecule has 1 aromatic rings. The molecule has 0 spiro atoms. The third-order valence-electron chi connectivity index (χ3n) is 2.66. The Hall–Kier alpha value is -0.310. The van der Waals surface area contributed by atoms with Crippen molar-refractivity contribution in [3.8, 4) is 0 Å². The fraction of sp³-hybridized carbons (Fsp3) is 0.455. The van der Waals surface area contributed by atoms with E-state index in [1.54, 1.807) is 12.1 Å². The van der Waals surface area contributed by atoms with Gasteiger partial charge in [-0.2, -0.15) is 0 Å². The van der Waals surface area contributed by atoms with E-state index < -0.39 is 0 Å². The molecule has 1 fully saturated rings. The van der Waals surface area contributed by atoms with Gasteiger partial charge < -0.3 is 5.73 Å². The molecule has 1 saturated carbocycles. The van der Waals surface area contributed by atoms with Crippen molar-refractivity contribution in [1.82, 2.24) is 0 Å². The van der Waals surface area contributed by atoms with Gasteiger partial charge in [0.2, 0.25) is 0 Å². The Morgan fingerprint density at radius 1 is 1.47 bits per heavy atom. The zero-order chi connectivity index (χ0) is 10.1. The van der Waals surface area contributed by atoms with Crippen LogP contribution in [0.15, 0.2) is 18.2 Å². The summed E-state index contributed by atoms with van der Waals surface area (Å²) in [6.45, 7) is 0. The third kappa shape index (κ3) is 3.33. The number of hydrogen-bond donors (Lipinski definition) is 1. The molecule has 15 heavy (non-hydrogen) atoms. The van der Waals surface area contributed by atoms with E-state index in [4.69, 9.17) is 17.3 Å². The van der Waals surface area contributed by atoms with Crippen molar-refractivity contribution >= 4 is 24.0 Å². The van der Waals surface area contributed by atoms with Gasteiger partial charge in [0.1, 0.15) is 5.82 Å². The van der Waals surface area contributed by atoms with Gasteiger partial charge in [0.15, 0.2) is 0 Å². The summed E-state index contributed by atoms with van der Waals surface area (Å²) in [6, 6.07) is 4.77. The van der Waals surface area contributed by atoms with Crippen molar-refractivity contribution in [3.05, 3.63) is 34.6 Å². The summed E-state index contributed by atoms with van der Waals surface area (Å²) in [5, 5.41) is 0.160. The largest absolute Gasteiger partial charge is 0.324 e. The minimum atomic E-state index is -0.379. The summed E-state index contributed by atoms with van der Waals surface area (Å²) in [5.74, 6) is 0.374. The molecule has 0 radical (unpaired) electrons. The maximum absolute atomic E-state index is 13.1. The van der Waals surface area contributed by atoms with Crippen LogP contribution in [0.1, 0.15) is 30.9 Å². The van der Waals surface area contributed by atoms with Gasteiger partial charge in [-0.25, -0.2) is 4.39 Å². The number of nitrogens with two attached hydrogens (primary N) is 1. The van der Waals surface area contributed by atoms with Crippen molar-refractivity contribution in [2.24, 2.45) is 11.7 Å². The molecule has 0 aromatic heterocycles. The molecule has 0 amide bonds. The SMILES string of the molecule is Cl.N[C@H](CC1CC1)c1ccc(Cl)c(F)c1. The number of rotatable bonds is 3. The highest BCUT2D eigenvalue weighted by Crippen LogP contribution is 2.37. The highest BCUT2D eigenvalue weighted by Gasteiger charge is 2.24. The second kappa shape index (κ2) is 5.15. The Labute approximate surface area is 100 Å². The molecular formula is C11H14Cl2FN. The molecule has 0 bridgehead atoms. The lowest BCUT2D eigenvalue weighted by molar-refractivity contribution is 0.583. The Bertz CT molecular complexity index is 339. The van der Waals surface area contributed by atoms with E-state index in [9.17, 15) is 4.39 Å². The first-order chi connectivity index (χ1) is 6.66. The summed E-state index contributed by atoms with van der Waals surface area (Å²) in [7, 11) is 0. The van der Waals surface area contributed by atoms with Gasteiger partial charge in [0.05, 0.1) is 5.02 Å². The third-order valence-corrected chi connectivity index (χ3v) is 2.96. The molecule has 2 N–H and O–H groups in total. The second-order valence-corrected chi connectivity index (χ2v) is 4.37. The zero-order valence-electron chi connectivity index (χ0n) is 8.25. The van der Waals surface area contributed by atoms with E-state index in [0.717, 1.165) is 17.9 Å². The lowest BCUT2D eigenvalue weighted by atomic mass is 10.0. The Balaban J connectivity index is 0.00000112. The summed E-state index contributed by atoms with van der Waals surface area (Å²) in [6.07, 6.45) is 3.49. The molecule has 0 saturated heterocycles. The number of hydrogen-bond acceptors (Lipinski definition) is 1. The Morgan fingerprint density at radius 2 is 2.13 bits per heavy atom. The predicted octanol–water partition coefficient (Wildman–Crippen LogP) is 3.70. The summed E-state index contributed by atoms with van der Waals surface area (Å²) in [4.78, 5) is 0. The van der Waals surface area contributed by atoms with Crippen molar-refractivity contribution in [2.45, 2.75) is 25.3 Å². The molecule has 0 aliphatic heterocycles. The molecule has 1 aliphatic rings. The van der Waals surface area contributed by atoms with E-state index in [1.807, 2.05) is 0 Å². The fourth-order valence-corrected chi connectivity index (χ4v) is 1.71. The van der Waals surface area contributed by atoms with Crippen molar-refractivity contribution in [2.75, 3.05) is 0 Å². The molecule has 1 aliphatic carbocycles. The topological polar surface area (TPSA) is 26.0 Å². The quantitative estimate of drug-likeness (QED) is 0.869. The van der Waals surface area contributed by atoms with Crippen LogP contribution in [0.5, 0.6) is 0 Å². The van der Waals surface area contributed by atoms with Crippen molar-refractivity contribution in [3.63, 3.8) is 0 Å². The molecule has 1 aromatic carbocycles. The predicted molar refractivity (Wildman–Crippen MR) is 62.9 cm³/mol. The maximum Gasteiger partial charge on any atom is 0.142 e. The molecule has 4 heteroatoms. The van der Waals surface area contributed by atoms with Gasteiger partial charge in [0, 0.05) is 6.04 Å². The van der Waals surface area contributed by atoms with Crippen molar-refractivity contribution in [1.29, 1.82) is 0 Å². The first kappa shape index (κ1) is 12.8. The van der Waals surface area contributed by atoms with Gasteiger partial charge in [-0.3, -0.25) is 0 Å². The Morgan fingerprint density at radius 3 is 2.67 bits per heavy atom. The maximum atomic E-state index is 13.1. The molecule has 84 valence electrons. The number of benzene rings is 1. The smallest absolute Gasteiger partial charge is 0.142 e. The Kier molecular flexibility index (Phi) is 4.38. The minimum absolute atomic E-state index is 0. The zero-order valence-corrected chi connectivity index (χ0v) is 9.82. The standard InChI is InChI=1S/C11H13ClFN.ClH/c12-9-4-3-8(6-10(9)13)11(14)5-7-1-2-7;/h3-4,6-7,11H,1-2,5,14H2;1H/t11-;/m1./s1. The van der Waals surface area contributed by atoms with Crippen LogP contribution in [0, 0.1) is 11.7 Å². The molecule has 0 heterocycles. The summed E-state index contributed by atoms with van der Waals surface area (Å²) < 4.78 is 13.1. The highest BCUT2D eigenvalue weighted by molar-refractivity contribution is 6.30. The minimum Gasteiger partial charge on any atom is -0.324 e. The van der Waals surface area contributed by atoms with E-state index in [1.165, 1.54) is 18.9 Å². The first-order valence-electron chi connectivity index (χ1n) is 4.87. The van der Waals surface area contributed by atoms with Crippen LogP contribution in [0.3, 0.4) is 0 Å². The van der Waals surface area contributed by atoms with Crippen LogP contribution in [-0.4, -0.2) is 0 Å². The monoisotopic (exact) mass is 249 g/mol. The van der Waals surface area contributed by atoms with Crippen LogP contribution in [0.2, 0.25) is 5.02 Å². The van der Waals surface area contributed by atoms with E-state index >= 15 is 0 Å². The molecular weight excluding hydrogens is 236 g/mol. The average molecular weight is 250 g/mol. The van der Waals surface area contributed by atoms with Crippen LogP contribution in [-0.2, 0) is 0 Å². The van der Waals surface area contributed by atoms with Crippen LogP contribution < -0.4 is 5.73 Å². The van der Waals surface area contributed by atoms with Gasteiger partial charge in [-0.15, -0.1) is 12.4 Å². The van der Waals surface area contributed by atoms with E-state index in [0.29, 0.717) is 0 Å². The van der Waals surface area contributed by atoms with Crippen LogP contribution >= 0.6 is 24.0 Å². The second-order valence-electron chi connectivity index (χ2n) is 3.96. The van der Waals surface area contributed by atoms with Crippen molar-refractivity contribution < 1.29 is 4.39 Å². The molecule has 1 nitrogen and oxygen atoms in total.